The number of aromatic nitrogens is 2. The number of amides is 1. The summed E-state index contributed by atoms with van der Waals surface area (Å²) in [5, 5.41) is 2.74. The van der Waals surface area contributed by atoms with Crippen LogP contribution >= 0.6 is 0 Å². The summed E-state index contributed by atoms with van der Waals surface area (Å²) in [5.74, 6) is 0.264. The maximum atomic E-state index is 12.7. The molecule has 1 amide bonds. The molecule has 2 aromatic rings. The summed E-state index contributed by atoms with van der Waals surface area (Å²) in [4.78, 5) is 19.1. The summed E-state index contributed by atoms with van der Waals surface area (Å²) in [6.07, 6.45) is -2.63. The predicted octanol–water partition coefficient (Wildman–Crippen LogP) is 2.70. The van der Waals surface area contributed by atoms with Gasteiger partial charge in [0.2, 0.25) is 0 Å². The summed E-state index contributed by atoms with van der Waals surface area (Å²) in [5.41, 5.74) is 0.909. The number of carbonyl (C=O) groups excluding carboxylic acids is 1. The first-order valence-corrected chi connectivity index (χ1v) is 6.95. The van der Waals surface area contributed by atoms with Crippen LogP contribution in [0, 0.1) is 0 Å². The molecule has 22 heavy (non-hydrogen) atoms. The Hall–Kier alpha value is -2.31. The van der Waals surface area contributed by atoms with Gasteiger partial charge >= 0.3 is 6.18 Å². The van der Waals surface area contributed by atoms with Crippen LogP contribution in [0.4, 0.5) is 13.2 Å². The van der Waals surface area contributed by atoms with Gasteiger partial charge in [0.15, 0.2) is 0 Å². The van der Waals surface area contributed by atoms with Gasteiger partial charge in [-0.25, -0.2) is 4.98 Å². The number of aryl methyl sites for hydroxylation is 1. The van der Waals surface area contributed by atoms with Gasteiger partial charge in [-0.15, -0.1) is 0 Å². The predicted molar refractivity (Wildman–Crippen MR) is 73.5 cm³/mol. The van der Waals surface area contributed by atoms with Crippen LogP contribution in [0.1, 0.15) is 39.6 Å². The standard InChI is InChI=1S/C15H14F3N3O/c16-15(17,18)10-4-1-3-9(7-10)8-12-20-11-5-2-6-19-14(22)13(11)21-12/h1,3-4,7H,2,5-6,8H2,(H,19,22)(H,20,21). The Bertz CT molecular complexity index is 706. The number of hydrogen-bond acceptors (Lipinski definition) is 2. The van der Waals surface area contributed by atoms with Crippen LogP contribution in [0.3, 0.4) is 0 Å². The van der Waals surface area contributed by atoms with Gasteiger partial charge in [-0.1, -0.05) is 18.2 Å². The van der Waals surface area contributed by atoms with Gasteiger partial charge < -0.3 is 10.3 Å². The Balaban J connectivity index is 1.85. The van der Waals surface area contributed by atoms with Gasteiger partial charge in [-0.05, 0) is 24.5 Å². The van der Waals surface area contributed by atoms with Crippen LogP contribution in [0.5, 0.6) is 0 Å². The van der Waals surface area contributed by atoms with Crippen molar-refractivity contribution in [2.24, 2.45) is 0 Å². The van der Waals surface area contributed by atoms with Gasteiger partial charge in [0.25, 0.3) is 5.91 Å². The maximum absolute atomic E-state index is 12.7. The van der Waals surface area contributed by atoms with Crippen LogP contribution in [-0.2, 0) is 19.0 Å². The molecule has 3 rings (SSSR count). The van der Waals surface area contributed by atoms with E-state index in [1.54, 1.807) is 6.07 Å². The summed E-state index contributed by atoms with van der Waals surface area (Å²) < 4.78 is 38.1. The molecule has 0 saturated carbocycles. The highest BCUT2D eigenvalue weighted by atomic mass is 19.4. The maximum Gasteiger partial charge on any atom is 0.416 e. The van der Waals surface area contributed by atoms with Crippen LogP contribution < -0.4 is 5.32 Å². The van der Waals surface area contributed by atoms with Gasteiger partial charge in [0.05, 0.1) is 5.56 Å². The molecule has 4 nitrogen and oxygen atoms in total. The molecule has 0 radical (unpaired) electrons. The van der Waals surface area contributed by atoms with E-state index in [4.69, 9.17) is 0 Å². The lowest BCUT2D eigenvalue weighted by Gasteiger charge is -2.08. The number of halogens is 3. The van der Waals surface area contributed by atoms with Gasteiger partial charge in [-0.2, -0.15) is 13.2 Å². The van der Waals surface area contributed by atoms with Crippen molar-refractivity contribution in [1.82, 2.24) is 15.3 Å². The molecule has 2 heterocycles. The second-order valence-electron chi connectivity index (χ2n) is 5.25. The summed E-state index contributed by atoms with van der Waals surface area (Å²) in [7, 11) is 0. The van der Waals surface area contributed by atoms with Crippen LogP contribution in [0.25, 0.3) is 0 Å². The molecule has 0 bridgehead atoms. The zero-order valence-electron chi connectivity index (χ0n) is 11.6. The third kappa shape index (κ3) is 2.98. The first-order valence-electron chi connectivity index (χ1n) is 6.95. The molecule has 0 aliphatic carbocycles. The molecule has 1 aromatic carbocycles. The number of benzene rings is 1. The second-order valence-corrected chi connectivity index (χ2v) is 5.25. The van der Waals surface area contributed by atoms with Crippen LogP contribution in [0.2, 0.25) is 0 Å². The van der Waals surface area contributed by atoms with Gasteiger partial charge in [-0.3, -0.25) is 4.79 Å². The summed E-state index contributed by atoms with van der Waals surface area (Å²) in [6.45, 7) is 0.603. The molecule has 1 aromatic heterocycles. The first-order chi connectivity index (χ1) is 10.4. The van der Waals surface area contributed by atoms with Crippen LogP contribution in [-0.4, -0.2) is 22.4 Å². The van der Waals surface area contributed by atoms with Crippen molar-refractivity contribution in [3.8, 4) is 0 Å². The normalized spacial score (nSPS) is 15.1. The summed E-state index contributed by atoms with van der Waals surface area (Å²) >= 11 is 0. The highest BCUT2D eigenvalue weighted by Gasteiger charge is 2.30. The molecule has 1 aliphatic rings. The highest BCUT2D eigenvalue weighted by Crippen LogP contribution is 2.30. The molecule has 0 fully saturated rings. The molecule has 0 atom stereocenters. The first kappa shape index (κ1) is 14.6. The van der Waals surface area contributed by atoms with E-state index in [0.717, 1.165) is 24.2 Å². The van der Waals surface area contributed by atoms with Crippen molar-refractivity contribution in [1.29, 1.82) is 0 Å². The van der Waals surface area contributed by atoms with Crippen molar-refractivity contribution in [3.05, 3.63) is 52.6 Å². The molecular weight excluding hydrogens is 295 g/mol. The van der Waals surface area contributed by atoms with E-state index in [0.29, 0.717) is 30.0 Å². The minimum atomic E-state index is -4.36. The number of nitrogens with one attached hydrogen (secondary N) is 2. The van der Waals surface area contributed by atoms with E-state index in [1.165, 1.54) is 6.07 Å². The Labute approximate surface area is 124 Å². The number of carbonyl (C=O) groups is 1. The lowest BCUT2D eigenvalue weighted by atomic mass is 10.1. The van der Waals surface area contributed by atoms with Gasteiger partial charge in [0.1, 0.15) is 11.5 Å². The number of alkyl halides is 3. The van der Waals surface area contributed by atoms with Crippen molar-refractivity contribution >= 4 is 5.91 Å². The van der Waals surface area contributed by atoms with Crippen LogP contribution in [0.15, 0.2) is 24.3 Å². The Morgan fingerprint density at radius 2 is 2.09 bits per heavy atom. The third-order valence-electron chi connectivity index (χ3n) is 3.56. The quantitative estimate of drug-likeness (QED) is 0.896. The van der Waals surface area contributed by atoms with Crippen molar-refractivity contribution in [2.75, 3.05) is 6.54 Å². The van der Waals surface area contributed by atoms with Crippen molar-refractivity contribution in [3.63, 3.8) is 0 Å². The smallest absolute Gasteiger partial charge is 0.351 e. The summed E-state index contributed by atoms with van der Waals surface area (Å²) in [6, 6.07) is 5.13. The van der Waals surface area contributed by atoms with E-state index in [9.17, 15) is 18.0 Å². The molecular formula is C15H14F3N3O. The zero-order valence-corrected chi connectivity index (χ0v) is 11.6. The average Bonchev–Trinajstić information content (AvgIpc) is 2.78. The highest BCUT2D eigenvalue weighted by molar-refractivity contribution is 5.93. The fraction of sp³-hybridized carbons (Fsp3) is 0.333. The molecule has 1 aliphatic heterocycles. The number of rotatable bonds is 2. The molecule has 0 spiro atoms. The second kappa shape index (κ2) is 5.47. The Morgan fingerprint density at radius 3 is 2.86 bits per heavy atom. The lowest BCUT2D eigenvalue weighted by Crippen LogP contribution is -2.23. The van der Waals surface area contributed by atoms with E-state index in [1.807, 2.05) is 0 Å². The SMILES string of the molecule is O=C1NCCCc2[nH]c(Cc3cccc(C(F)(F)F)c3)nc21. The minimum Gasteiger partial charge on any atom is -0.351 e. The van der Waals surface area contributed by atoms with Crippen molar-refractivity contribution in [2.45, 2.75) is 25.4 Å². The zero-order chi connectivity index (χ0) is 15.7. The Morgan fingerprint density at radius 1 is 1.27 bits per heavy atom. The molecule has 0 saturated heterocycles. The van der Waals surface area contributed by atoms with E-state index in [2.05, 4.69) is 15.3 Å². The van der Waals surface area contributed by atoms with E-state index >= 15 is 0 Å². The average molecular weight is 309 g/mol. The molecule has 116 valence electrons. The minimum absolute atomic E-state index is 0.226. The monoisotopic (exact) mass is 309 g/mol. The number of hydrogen-bond donors (Lipinski definition) is 2. The van der Waals surface area contributed by atoms with Gasteiger partial charge in [0, 0.05) is 18.7 Å². The largest absolute Gasteiger partial charge is 0.416 e. The fourth-order valence-corrected chi connectivity index (χ4v) is 2.52. The van der Waals surface area contributed by atoms with Crippen molar-refractivity contribution < 1.29 is 18.0 Å². The molecule has 0 unspecified atom stereocenters. The van der Waals surface area contributed by atoms with E-state index < -0.39 is 11.7 Å². The van der Waals surface area contributed by atoms with E-state index in [-0.39, 0.29) is 12.3 Å². The Kier molecular flexibility index (Phi) is 3.64. The number of fused-ring (bicyclic) bond motifs is 1. The fourth-order valence-electron chi connectivity index (χ4n) is 2.52. The molecule has 7 heteroatoms. The topological polar surface area (TPSA) is 57.8 Å². The number of imidazole rings is 1. The lowest BCUT2D eigenvalue weighted by molar-refractivity contribution is -0.137. The third-order valence-corrected chi connectivity index (χ3v) is 3.56. The number of aromatic amines is 1. The number of H-pyrrole nitrogens is 1. The number of nitrogens with zero attached hydrogens (tertiary/aromatic N) is 1. The molecule has 2 N–H and O–H groups in total.